The third kappa shape index (κ3) is 1.18. The van der Waals surface area contributed by atoms with Crippen LogP contribution in [0.25, 0.3) is 10.9 Å². The first-order chi connectivity index (χ1) is 7.66. The highest BCUT2D eigenvalue weighted by Crippen LogP contribution is 2.34. The number of aryl methyl sites for hydroxylation is 2. The van der Waals surface area contributed by atoms with Gasteiger partial charge in [0, 0.05) is 17.1 Å². The van der Waals surface area contributed by atoms with Crippen LogP contribution in [0.2, 0.25) is 0 Å². The highest BCUT2D eigenvalue weighted by molar-refractivity contribution is 5.86. The van der Waals surface area contributed by atoms with E-state index in [0.29, 0.717) is 0 Å². The Bertz CT molecular complexity index is 590. The fourth-order valence-corrected chi connectivity index (χ4v) is 2.52. The van der Waals surface area contributed by atoms with E-state index in [2.05, 4.69) is 11.9 Å². The van der Waals surface area contributed by atoms with Crippen molar-refractivity contribution in [3.05, 3.63) is 29.0 Å². The molecular weight excluding hydrogens is 202 g/mol. The van der Waals surface area contributed by atoms with Crippen molar-refractivity contribution in [3.63, 3.8) is 0 Å². The van der Waals surface area contributed by atoms with Crippen LogP contribution in [0.1, 0.15) is 23.2 Å². The predicted octanol–water partition coefficient (Wildman–Crippen LogP) is 2.44. The molecule has 3 heteroatoms. The predicted molar refractivity (Wildman–Crippen MR) is 61.8 cm³/mol. The van der Waals surface area contributed by atoms with Gasteiger partial charge in [0.15, 0.2) is 11.5 Å². The molecule has 1 aromatic heterocycles. The molecule has 0 amide bonds. The Labute approximate surface area is 93.4 Å². The van der Waals surface area contributed by atoms with Gasteiger partial charge in [-0.25, -0.2) is 0 Å². The van der Waals surface area contributed by atoms with Crippen LogP contribution in [0.15, 0.2) is 12.1 Å². The maximum Gasteiger partial charge on any atom is 0.159 e. The molecule has 2 aromatic rings. The first-order valence-corrected chi connectivity index (χ1v) is 5.51. The van der Waals surface area contributed by atoms with Crippen LogP contribution >= 0.6 is 0 Å². The molecule has 2 N–H and O–H groups in total. The number of fused-ring (bicyclic) bond motifs is 2. The minimum absolute atomic E-state index is 0.0738. The van der Waals surface area contributed by atoms with Crippen molar-refractivity contribution in [2.75, 3.05) is 0 Å². The Hall–Kier alpha value is -1.77. The summed E-state index contributed by atoms with van der Waals surface area (Å²) in [4.78, 5) is 4.55. The van der Waals surface area contributed by atoms with E-state index in [1.54, 1.807) is 6.07 Å². The van der Waals surface area contributed by atoms with Gasteiger partial charge in [-0.3, -0.25) is 4.98 Å². The van der Waals surface area contributed by atoms with E-state index >= 15 is 0 Å². The molecule has 0 saturated carbocycles. The summed E-state index contributed by atoms with van der Waals surface area (Å²) in [5.41, 5.74) is 4.42. The summed E-state index contributed by atoms with van der Waals surface area (Å²) in [6, 6.07) is 3.14. The van der Waals surface area contributed by atoms with Gasteiger partial charge in [-0.05, 0) is 43.4 Å². The van der Waals surface area contributed by atoms with Crippen molar-refractivity contribution in [2.24, 2.45) is 0 Å². The van der Waals surface area contributed by atoms with Crippen LogP contribution in [0.3, 0.4) is 0 Å². The summed E-state index contributed by atoms with van der Waals surface area (Å²) in [6.45, 7) is 2.06. The molecule has 3 rings (SSSR count). The average Bonchev–Trinajstić information content (AvgIpc) is 2.70. The lowest BCUT2D eigenvalue weighted by atomic mass is 10.0. The molecule has 0 fully saturated rings. The summed E-state index contributed by atoms with van der Waals surface area (Å²) in [5.74, 6) is -0.173. The summed E-state index contributed by atoms with van der Waals surface area (Å²) < 4.78 is 0. The van der Waals surface area contributed by atoms with Gasteiger partial charge in [-0.1, -0.05) is 0 Å². The first-order valence-electron chi connectivity index (χ1n) is 5.51. The lowest BCUT2D eigenvalue weighted by Crippen LogP contribution is -1.94. The number of rotatable bonds is 0. The Morgan fingerprint density at radius 3 is 2.69 bits per heavy atom. The van der Waals surface area contributed by atoms with E-state index in [0.717, 1.165) is 35.9 Å². The minimum Gasteiger partial charge on any atom is -0.504 e. The summed E-state index contributed by atoms with van der Waals surface area (Å²) in [6.07, 6.45) is 3.25. The minimum atomic E-state index is -0.0997. The standard InChI is InChI=1S/C13H13NO2/c1-7-8-3-2-4-10(8)14-11-6-13(16)12(15)5-9(7)11/h5-6,15-16H,2-4H2,1H3. The average molecular weight is 215 g/mol. The fourth-order valence-electron chi connectivity index (χ4n) is 2.52. The second kappa shape index (κ2) is 3.11. The van der Waals surface area contributed by atoms with E-state index in [4.69, 9.17) is 0 Å². The molecule has 1 aliphatic carbocycles. The molecule has 0 unspecified atom stereocenters. The maximum atomic E-state index is 9.51. The number of hydrogen-bond donors (Lipinski definition) is 2. The van der Waals surface area contributed by atoms with Crippen LogP contribution in [0, 0.1) is 6.92 Å². The van der Waals surface area contributed by atoms with Crippen LogP contribution < -0.4 is 0 Å². The number of phenolic OH excluding ortho intramolecular Hbond substituents is 2. The lowest BCUT2D eigenvalue weighted by molar-refractivity contribution is 0.405. The zero-order valence-electron chi connectivity index (χ0n) is 9.12. The Balaban J connectivity index is 2.41. The molecule has 3 nitrogen and oxygen atoms in total. The third-order valence-electron chi connectivity index (χ3n) is 3.39. The largest absolute Gasteiger partial charge is 0.504 e. The third-order valence-corrected chi connectivity index (χ3v) is 3.39. The van der Waals surface area contributed by atoms with Crippen molar-refractivity contribution in [2.45, 2.75) is 26.2 Å². The second-order valence-electron chi connectivity index (χ2n) is 4.37. The number of aromatic hydroxyl groups is 2. The number of benzene rings is 1. The summed E-state index contributed by atoms with van der Waals surface area (Å²) >= 11 is 0. The van der Waals surface area contributed by atoms with Crippen molar-refractivity contribution < 1.29 is 10.2 Å². The first kappa shape index (κ1) is 9.46. The maximum absolute atomic E-state index is 9.51. The highest BCUT2D eigenvalue weighted by Gasteiger charge is 2.18. The van der Waals surface area contributed by atoms with Gasteiger partial charge in [0.1, 0.15) is 0 Å². The molecule has 0 bridgehead atoms. The van der Waals surface area contributed by atoms with Gasteiger partial charge >= 0.3 is 0 Å². The lowest BCUT2D eigenvalue weighted by Gasteiger charge is -2.09. The van der Waals surface area contributed by atoms with Gasteiger partial charge in [0.2, 0.25) is 0 Å². The van der Waals surface area contributed by atoms with Crippen LogP contribution in [0.5, 0.6) is 11.5 Å². The van der Waals surface area contributed by atoms with Crippen molar-refractivity contribution >= 4 is 10.9 Å². The van der Waals surface area contributed by atoms with Gasteiger partial charge in [0.25, 0.3) is 0 Å². The molecule has 0 atom stereocenters. The molecule has 0 aliphatic heterocycles. The monoisotopic (exact) mass is 215 g/mol. The van der Waals surface area contributed by atoms with E-state index in [1.807, 2.05) is 0 Å². The van der Waals surface area contributed by atoms with E-state index in [1.165, 1.54) is 17.2 Å². The molecule has 0 saturated heterocycles. The smallest absolute Gasteiger partial charge is 0.159 e. The van der Waals surface area contributed by atoms with E-state index in [-0.39, 0.29) is 11.5 Å². The zero-order valence-corrected chi connectivity index (χ0v) is 9.12. The molecular formula is C13H13NO2. The SMILES string of the molecule is Cc1c2c(nc3cc(O)c(O)cc13)CCC2. The van der Waals surface area contributed by atoms with Crippen molar-refractivity contribution in [1.29, 1.82) is 0 Å². The van der Waals surface area contributed by atoms with Gasteiger partial charge in [-0.2, -0.15) is 0 Å². The molecule has 0 spiro atoms. The molecule has 1 aliphatic rings. The molecule has 0 radical (unpaired) electrons. The number of phenols is 2. The van der Waals surface area contributed by atoms with Gasteiger partial charge in [-0.15, -0.1) is 0 Å². The Morgan fingerprint density at radius 2 is 1.88 bits per heavy atom. The van der Waals surface area contributed by atoms with Crippen LogP contribution in [-0.4, -0.2) is 15.2 Å². The van der Waals surface area contributed by atoms with Crippen LogP contribution in [0.4, 0.5) is 0 Å². The highest BCUT2D eigenvalue weighted by atomic mass is 16.3. The van der Waals surface area contributed by atoms with Crippen LogP contribution in [-0.2, 0) is 12.8 Å². The topological polar surface area (TPSA) is 53.4 Å². The fraction of sp³-hybridized carbons (Fsp3) is 0.308. The van der Waals surface area contributed by atoms with Gasteiger partial charge < -0.3 is 10.2 Å². The number of nitrogens with zero attached hydrogens (tertiary/aromatic N) is 1. The van der Waals surface area contributed by atoms with E-state index < -0.39 is 0 Å². The molecule has 1 aromatic carbocycles. The summed E-state index contributed by atoms with van der Waals surface area (Å²) in [5, 5.41) is 19.9. The summed E-state index contributed by atoms with van der Waals surface area (Å²) in [7, 11) is 0. The number of pyridine rings is 1. The normalized spacial score (nSPS) is 14.3. The zero-order chi connectivity index (χ0) is 11.3. The molecule has 16 heavy (non-hydrogen) atoms. The molecule has 1 heterocycles. The second-order valence-corrected chi connectivity index (χ2v) is 4.37. The van der Waals surface area contributed by atoms with Crippen molar-refractivity contribution in [1.82, 2.24) is 4.98 Å². The number of hydrogen-bond acceptors (Lipinski definition) is 3. The molecule has 82 valence electrons. The Morgan fingerprint density at radius 1 is 1.12 bits per heavy atom. The quantitative estimate of drug-likeness (QED) is 0.664. The van der Waals surface area contributed by atoms with Gasteiger partial charge in [0.05, 0.1) is 5.52 Å². The number of aromatic nitrogens is 1. The Kier molecular flexibility index (Phi) is 1.84. The van der Waals surface area contributed by atoms with E-state index in [9.17, 15) is 10.2 Å². The van der Waals surface area contributed by atoms with Crippen molar-refractivity contribution in [3.8, 4) is 11.5 Å².